The summed E-state index contributed by atoms with van der Waals surface area (Å²) in [6.07, 6.45) is 2.29. The molecule has 4 rings (SSSR count). The highest BCUT2D eigenvalue weighted by Gasteiger charge is 2.25. The third-order valence-electron chi connectivity index (χ3n) is 5.82. The summed E-state index contributed by atoms with van der Waals surface area (Å²) in [5.74, 6) is -1.06. The maximum atomic E-state index is 14.6. The summed E-state index contributed by atoms with van der Waals surface area (Å²) in [5, 5.41) is 15.4. The molecule has 3 aromatic rings. The number of fused-ring (bicyclic) bond motifs is 1. The van der Waals surface area contributed by atoms with Crippen molar-refractivity contribution in [3.63, 3.8) is 0 Å². The Morgan fingerprint density at radius 3 is 2.69 bits per heavy atom. The first-order chi connectivity index (χ1) is 15.4. The van der Waals surface area contributed by atoms with Gasteiger partial charge in [0.15, 0.2) is 11.6 Å². The molecule has 0 unspecified atom stereocenters. The van der Waals surface area contributed by atoms with Gasteiger partial charge in [0.05, 0.1) is 30.3 Å². The number of methoxy groups -OCH3 is 1. The van der Waals surface area contributed by atoms with E-state index in [0.717, 1.165) is 17.6 Å². The number of aliphatic hydroxyl groups is 1. The molecule has 0 radical (unpaired) electrons. The molecule has 1 heterocycles. The van der Waals surface area contributed by atoms with Crippen molar-refractivity contribution in [2.75, 3.05) is 7.11 Å². The topological polar surface area (TPSA) is 99.3 Å². The van der Waals surface area contributed by atoms with Crippen LogP contribution < -0.4 is 15.4 Å². The molecule has 0 bridgehead atoms. The Morgan fingerprint density at radius 2 is 1.97 bits per heavy atom. The first-order valence-electron chi connectivity index (χ1n) is 10.6. The van der Waals surface area contributed by atoms with Crippen molar-refractivity contribution >= 4 is 17.1 Å². The van der Waals surface area contributed by atoms with Crippen molar-refractivity contribution in [3.05, 3.63) is 59.4 Å². The predicted octanol–water partition coefficient (Wildman–Crippen LogP) is 3.74. The number of para-hydroxylation sites is 2. The number of aliphatic hydroxyl groups excluding tert-OH is 1. The minimum absolute atomic E-state index is 0.0105. The van der Waals surface area contributed by atoms with Crippen LogP contribution in [0.5, 0.6) is 5.75 Å². The molecule has 1 aliphatic rings. The van der Waals surface area contributed by atoms with Crippen molar-refractivity contribution in [2.24, 2.45) is 0 Å². The Bertz CT molecular complexity index is 1060. The number of aromatic nitrogens is 2. The highest BCUT2D eigenvalue weighted by Crippen LogP contribution is 2.26. The maximum Gasteiger partial charge on any atom is 0.315 e. The van der Waals surface area contributed by atoms with Gasteiger partial charge in [-0.2, -0.15) is 0 Å². The summed E-state index contributed by atoms with van der Waals surface area (Å²) in [6.45, 7) is 0. The number of carbonyl (C=O) groups excluding carboxylic acids is 1. The smallest absolute Gasteiger partial charge is 0.315 e. The fraction of sp³-hybridized carbons (Fsp3) is 0.391. The molecular weight excluding hydrogens is 418 g/mol. The SMILES string of the molecule is COc1cc(F)c(C[C@@H](NC(=O)NC2CCC(O)CC2)c2nc3ccccc3[nH]2)cc1F. The number of hydrogen-bond acceptors (Lipinski definition) is 4. The lowest BCUT2D eigenvalue weighted by Crippen LogP contribution is -2.45. The molecule has 1 atom stereocenters. The third-order valence-corrected chi connectivity index (χ3v) is 5.82. The van der Waals surface area contributed by atoms with Gasteiger partial charge in [0.2, 0.25) is 0 Å². The van der Waals surface area contributed by atoms with Crippen LogP contribution in [0, 0.1) is 11.6 Å². The van der Waals surface area contributed by atoms with Crippen LogP contribution in [0.25, 0.3) is 11.0 Å². The lowest BCUT2D eigenvalue weighted by Gasteiger charge is -2.27. The number of hydrogen-bond donors (Lipinski definition) is 4. The number of nitrogens with one attached hydrogen (secondary N) is 3. The average Bonchev–Trinajstić information content (AvgIpc) is 3.21. The van der Waals surface area contributed by atoms with Crippen molar-refractivity contribution in [1.82, 2.24) is 20.6 Å². The number of aromatic amines is 1. The molecule has 32 heavy (non-hydrogen) atoms. The van der Waals surface area contributed by atoms with Gasteiger partial charge in [0.1, 0.15) is 11.6 Å². The number of halogens is 2. The second kappa shape index (κ2) is 9.52. The van der Waals surface area contributed by atoms with Gasteiger partial charge in [0.25, 0.3) is 0 Å². The molecule has 1 saturated carbocycles. The fourth-order valence-corrected chi connectivity index (χ4v) is 4.06. The normalized spacial score (nSPS) is 19.5. The van der Waals surface area contributed by atoms with Gasteiger partial charge in [-0.25, -0.2) is 18.6 Å². The summed E-state index contributed by atoms with van der Waals surface area (Å²) < 4.78 is 33.7. The third kappa shape index (κ3) is 4.99. The largest absolute Gasteiger partial charge is 0.494 e. The van der Waals surface area contributed by atoms with E-state index < -0.39 is 23.7 Å². The van der Waals surface area contributed by atoms with Crippen LogP contribution in [0.3, 0.4) is 0 Å². The number of imidazole rings is 1. The van der Waals surface area contributed by atoms with Crippen molar-refractivity contribution < 1.29 is 23.4 Å². The summed E-state index contributed by atoms with van der Waals surface area (Å²) >= 11 is 0. The van der Waals surface area contributed by atoms with E-state index >= 15 is 0 Å². The van der Waals surface area contributed by atoms with Gasteiger partial charge in [-0.05, 0) is 49.4 Å². The molecule has 7 nitrogen and oxygen atoms in total. The van der Waals surface area contributed by atoms with Gasteiger partial charge < -0.3 is 25.5 Å². The van der Waals surface area contributed by atoms with E-state index in [2.05, 4.69) is 20.6 Å². The number of urea groups is 1. The minimum Gasteiger partial charge on any atom is -0.494 e. The predicted molar refractivity (Wildman–Crippen MR) is 115 cm³/mol. The quantitative estimate of drug-likeness (QED) is 0.466. The van der Waals surface area contributed by atoms with E-state index in [-0.39, 0.29) is 29.9 Å². The van der Waals surface area contributed by atoms with Crippen LogP contribution in [-0.2, 0) is 6.42 Å². The van der Waals surface area contributed by atoms with Crippen LogP contribution in [0.1, 0.15) is 43.1 Å². The number of nitrogens with zero attached hydrogens (tertiary/aromatic N) is 1. The van der Waals surface area contributed by atoms with Crippen LogP contribution >= 0.6 is 0 Å². The molecule has 170 valence electrons. The standard InChI is InChI=1S/C23H26F2N4O3/c1-32-21-12-16(24)13(10-17(21)25)11-20(22-27-18-4-2-3-5-19(18)28-22)29-23(31)26-14-6-8-15(30)9-7-14/h2-5,10,12,14-15,20,30H,6-9,11H2,1H3,(H,27,28)(H2,26,29,31)/t14?,15?,20-/m1/s1. The van der Waals surface area contributed by atoms with Crippen LogP contribution in [0.4, 0.5) is 13.6 Å². The second-order valence-corrected chi connectivity index (χ2v) is 8.10. The van der Waals surface area contributed by atoms with Crippen molar-refractivity contribution in [3.8, 4) is 5.75 Å². The number of carbonyl (C=O) groups is 1. The Balaban J connectivity index is 1.57. The molecule has 0 spiro atoms. The Kier molecular flexibility index (Phi) is 6.55. The van der Waals surface area contributed by atoms with Crippen LogP contribution in [-0.4, -0.2) is 40.4 Å². The second-order valence-electron chi connectivity index (χ2n) is 8.10. The van der Waals surface area contributed by atoms with Gasteiger partial charge in [-0.3, -0.25) is 0 Å². The number of benzene rings is 2. The van der Waals surface area contributed by atoms with Gasteiger partial charge in [0, 0.05) is 18.5 Å². The number of amides is 2. The zero-order valence-electron chi connectivity index (χ0n) is 17.7. The molecule has 0 aliphatic heterocycles. The van der Waals surface area contributed by atoms with Crippen molar-refractivity contribution in [2.45, 2.75) is 50.3 Å². The molecule has 2 amide bonds. The summed E-state index contributed by atoms with van der Waals surface area (Å²) in [6, 6.07) is 8.25. The molecule has 1 fully saturated rings. The van der Waals surface area contributed by atoms with Crippen LogP contribution in [0.2, 0.25) is 0 Å². The Hall–Kier alpha value is -3.20. The van der Waals surface area contributed by atoms with Gasteiger partial charge >= 0.3 is 6.03 Å². The highest BCUT2D eigenvalue weighted by molar-refractivity contribution is 5.76. The zero-order chi connectivity index (χ0) is 22.7. The Morgan fingerprint density at radius 1 is 1.22 bits per heavy atom. The fourth-order valence-electron chi connectivity index (χ4n) is 4.06. The average molecular weight is 444 g/mol. The molecule has 2 aromatic carbocycles. The minimum atomic E-state index is -0.723. The van der Waals surface area contributed by atoms with Crippen LogP contribution in [0.15, 0.2) is 36.4 Å². The lowest BCUT2D eigenvalue weighted by molar-refractivity contribution is 0.117. The lowest BCUT2D eigenvalue weighted by atomic mass is 9.93. The van der Waals surface area contributed by atoms with E-state index in [9.17, 15) is 18.7 Å². The highest BCUT2D eigenvalue weighted by atomic mass is 19.1. The molecule has 4 N–H and O–H groups in total. The molecular formula is C23H26F2N4O3. The Labute approximate surface area is 184 Å². The molecule has 1 aromatic heterocycles. The van der Waals surface area contributed by atoms with E-state index in [1.54, 1.807) is 0 Å². The van der Waals surface area contributed by atoms with E-state index in [4.69, 9.17) is 4.74 Å². The van der Waals surface area contributed by atoms with Crippen molar-refractivity contribution in [1.29, 1.82) is 0 Å². The van der Waals surface area contributed by atoms with Gasteiger partial charge in [-0.1, -0.05) is 12.1 Å². The summed E-state index contributed by atoms with van der Waals surface area (Å²) in [5.41, 5.74) is 1.57. The number of rotatable bonds is 6. The summed E-state index contributed by atoms with van der Waals surface area (Å²) in [7, 11) is 1.27. The zero-order valence-corrected chi connectivity index (χ0v) is 17.7. The first kappa shape index (κ1) is 22.0. The first-order valence-corrected chi connectivity index (χ1v) is 10.6. The summed E-state index contributed by atoms with van der Waals surface area (Å²) in [4.78, 5) is 20.4. The van der Waals surface area contributed by atoms with E-state index in [0.29, 0.717) is 37.0 Å². The maximum absolute atomic E-state index is 14.6. The molecule has 9 heteroatoms. The molecule has 0 saturated heterocycles. The van der Waals surface area contributed by atoms with E-state index in [1.807, 2.05) is 24.3 Å². The van der Waals surface area contributed by atoms with E-state index in [1.165, 1.54) is 7.11 Å². The number of H-pyrrole nitrogens is 1. The molecule has 1 aliphatic carbocycles. The monoisotopic (exact) mass is 444 g/mol. The number of ether oxygens (including phenoxy) is 1. The van der Waals surface area contributed by atoms with Gasteiger partial charge in [-0.15, -0.1) is 0 Å².